The van der Waals surface area contributed by atoms with Crippen molar-refractivity contribution < 1.29 is 14.3 Å². The quantitative estimate of drug-likeness (QED) is 0.760. The lowest BCUT2D eigenvalue weighted by molar-refractivity contribution is 0.0801. The molecule has 0 saturated heterocycles. The number of ether oxygens (including phenoxy) is 2. The Morgan fingerprint density at radius 3 is 2.50 bits per heavy atom. The molecule has 1 heterocycles. The molecule has 0 fully saturated rings. The highest BCUT2D eigenvalue weighted by Crippen LogP contribution is 2.28. The lowest BCUT2D eigenvalue weighted by Gasteiger charge is -2.17. The van der Waals surface area contributed by atoms with Gasteiger partial charge in [-0.1, -0.05) is 6.07 Å². The van der Waals surface area contributed by atoms with Gasteiger partial charge in [-0.05, 0) is 52.2 Å². The number of halogens is 1. The number of hydrogen-bond acceptors (Lipinski definition) is 4. The summed E-state index contributed by atoms with van der Waals surface area (Å²) in [6, 6.07) is 9.54. The Labute approximate surface area is 142 Å². The summed E-state index contributed by atoms with van der Waals surface area (Å²) in [4.78, 5) is 14.7. The second kappa shape index (κ2) is 7.65. The molecular formula is C16H18BrNO3S. The molecular weight excluding hydrogens is 366 g/mol. The van der Waals surface area contributed by atoms with Crippen molar-refractivity contribution in [1.29, 1.82) is 0 Å². The number of hydrogen-bond donors (Lipinski definition) is 0. The first kappa shape index (κ1) is 16.8. The topological polar surface area (TPSA) is 38.8 Å². The summed E-state index contributed by atoms with van der Waals surface area (Å²) in [5.74, 6) is 1.45. The van der Waals surface area contributed by atoms with E-state index >= 15 is 0 Å². The molecule has 1 aromatic heterocycles. The maximum absolute atomic E-state index is 12.3. The number of amides is 1. The number of benzene rings is 1. The Hall–Kier alpha value is -1.53. The van der Waals surface area contributed by atoms with Crippen molar-refractivity contribution in [3.8, 4) is 11.5 Å². The first-order valence-electron chi connectivity index (χ1n) is 6.77. The number of carbonyl (C=O) groups is 1. The minimum Gasteiger partial charge on any atom is -0.493 e. The van der Waals surface area contributed by atoms with Crippen LogP contribution in [0, 0.1) is 0 Å². The number of carbonyl (C=O) groups excluding carboxylic acids is 1. The van der Waals surface area contributed by atoms with Crippen LogP contribution in [0.15, 0.2) is 34.1 Å². The van der Waals surface area contributed by atoms with E-state index in [-0.39, 0.29) is 5.91 Å². The SMILES string of the molecule is COc1ccc(CCN(C)C(=O)c2ccc(Br)s2)cc1OC. The van der Waals surface area contributed by atoms with E-state index in [0.29, 0.717) is 18.0 Å². The van der Waals surface area contributed by atoms with Crippen LogP contribution in [0.2, 0.25) is 0 Å². The van der Waals surface area contributed by atoms with Crippen LogP contribution in [0.25, 0.3) is 0 Å². The molecule has 2 rings (SSSR count). The Morgan fingerprint density at radius 2 is 1.91 bits per heavy atom. The highest BCUT2D eigenvalue weighted by Gasteiger charge is 2.14. The molecule has 0 unspecified atom stereocenters. The summed E-state index contributed by atoms with van der Waals surface area (Å²) in [5, 5.41) is 0. The van der Waals surface area contributed by atoms with Crippen LogP contribution in [0.1, 0.15) is 15.2 Å². The monoisotopic (exact) mass is 383 g/mol. The lowest BCUT2D eigenvalue weighted by atomic mass is 10.1. The van der Waals surface area contributed by atoms with Crippen molar-refractivity contribution in [1.82, 2.24) is 4.90 Å². The molecule has 0 N–H and O–H groups in total. The van der Waals surface area contributed by atoms with Gasteiger partial charge in [0, 0.05) is 13.6 Å². The Kier molecular flexibility index (Phi) is 5.85. The predicted molar refractivity (Wildman–Crippen MR) is 92.2 cm³/mol. The third kappa shape index (κ3) is 4.01. The zero-order valence-electron chi connectivity index (χ0n) is 12.8. The van der Waals surface area contributed by atoms with Crippen molar-refractivity contribution in [3.63, 3.8) is 0 Å². The number of nitrogens with zero attached hydrogens (tertiary/aromatic N) is 1. The fourth-order valence-corrected chi connectivity index (χ4v) is 3.43. The van der Waals surface area contributed by atoms with E-state index in [9.17, 15) is 4.79 Å². The van der Waals surface area contributed by atoms with E-state index in [1.54, 1.807) is 19.1 Å². The maximum atomic E-state index is 12.3. The van der Waals surface area contributed by atoms with Crippen LogP contribution >= 0.6 is 27.3 Å². The number of methoxy groups -OCH3 is 2. The molecule has 2 aromatic rings. The Balaban J connectivity index is 1.99. The van der Waals surface area contributed by atoms with Crippen molar-refractivity contribution in [2.24, 2.45) is 0 Å². The van der Waals surface area contributed by atoms with Gasteiger partial charge in [0.15, 0.2) is 11.5 Å². The van der Waals surface area contributed by atoms with Crippen molar-refractivity contribution in [3.05, 3.63) is 44.6 Å². The van der Waals surface area contributed by atoms with Gasteiger partial charge in [-0.25, -0.2) is 0 Å². The van der Waals surface area contributed by atoms with Crippen molar-refractivity contribution in [2.75, 3.05) is 27.8 Å². The van der Waals surface area contributed by atoms with E-state index in [2.05, 4.69) is 15.9 Å². The smallest absolute Gasteiger partial charge is 0.263 e. The lowest BCUT2D eigenvalue weighted by Crippen LogP contribution is -2.28. The van der Waals surface area contributed by atoms with Crippen LogP contribution in [0.5, 0.6) is 11.5 Å². The Morgan fingerprint density at radius 1 is 1.18 bits per heavy atom. The molecule has 0 aliphatic carbocycles. The second-order valence-corrected chi connectivity index (χ2v) is 7.23. The number of thiophene rings is 1. The van der Waals surface area contributed by atoms with Crippen molar-refractivity contribution >= 4 is 33.2 Å². The molecule has 0 aliphatic heterocycles. The maximum Gasteiger partial charge on any atom is 0.263 e. The third-order valence-electron chi connectivity index (χ3n) is 3.31. The minimum atomic E-state index is 0.0381. The van der Waals surface area contributed by atoms with Gasteiger partial charge >= 0.3 is 0 Å². The van der Waals surface area contributed by atoms with Crippen molar-refractivity contribution in [2.45, 2.75) is 6.42 Å². The summed E-state index contributed by atoms with van der Waals surface area (Å²) in [5.41, 5.74) is 1.10. The molecule has 118 valence electrons. The van der Waals surface area contributed by atoms with Gasteiger partial charge < -0.3 is 14.4 Å². The van der Waals surface area contributed by atoms with Crippen LogP contribution in [-0.4, -0.2) is 38.6 Å². The van der Waals surface area contributed by atoms with E-state index < -0.39 is 0 Å². The van der Waals surface area contributed by atoms with Gasteiger partial charge in [0.1, 0.15) is 0 Å². The minimum absolute atomic E-state index is 0.0381. The van der Waals surface area contributed by atoms with Gasteiger partial charge in [0.2, 0.25) is 0 Å². The zero-order chi connectivity index (χ0) is 16.1. The second-order valence-electron chi connectivity index (χ2n) is 4.77. The number of likely N-dealkylation sites (N-methyl/N-ethyl adjacent to an activating group) is 1. The highest BCUT2D eigenvalue weighted by atomic mass is 79.9. The summed E-state index contributed by atoms with van der Waals surface area (Å²) in [7, 11) is 5.05. The van der Waals surface area contributed by atoms with Gasteiger partial charge in [0.05, 0.1) is 22.9 Å². The fraction of sp³-hybridized carbons (Fsp3) is 0.312. The summed E-state index contributed by atoms with van der Waals surface area (Å²) in [6.07, 6.45) is 0.759. The molecule has 0 bridgehead atoms. The normalized spacial score (nSPS) is 10.4. The van der Waals surface area contributed by atoms with Gasteiger partial charge in [-0.2, -0.15) is 0 Å². The standard InChI is InChI=1S/C16H18BrNO3S/c1-18(16(19)14-6-7-15(17)22-14)9-8-11-4-5-12(20-2)13(10-11)21-3/h4-7,10H,8-9H2,1-3H3. The molecule has 22 heavy (non-hydrogen) atoms. The van der Waals surface area contributed by atoms with Gasteiger partial charge in [-0.15, -0.1) is 11.3 Å². The van der Waals surface area contributed by atoms with Crippen LogP contribution < -0.4 is 9.47 Å². The van der Waals surface area contributed by atoms with E-state index in [1.165, 1.54) is 11.3 Å². The zero-order valence-corrected chi connectivity index (χ0v) is 15.2. The highest BCUT2D eigenvalue weighted by molar-refractivity contribution is 9.11. The summed E-state index contributed by atoms with van der Waals surface area (Å²) in [6.45, 7) is 0.643. The molecule has 0 saturated carbocycles. The Bertz CT molecular complexity index is 657. The number of rotatable bonds is 6. The van der Waals surface area contributed by atoms with E-state index in [4.69, 9.17) is 9.47 Å². The summed E-state index contributed by atoms with van der Waals surface area (Å²) < 4.78 is 11.5. The van der Waals surface area contributed by atoms with Crippen LogP contribution in [0.3, 0.4) is 0 Å². The van der Waals surface area contributed by atoms with E-state index in [1.807, 2.05) is 37.4 Å². The average molecular weight is 384 g/mol. The molecule has 0 spiro atoms. The molecule has 4 nitrogen and oxygen atoms in total. The van der Waals surface area contributed by atoms with Crippen LogP contribution in [0.4, 0.5) is 0 Å². The van der Waals surface area contributed by atoms with Gasteiger partial charge in [0.25, 0.3) is 5.91 Å². The molecule has 0 aliphatic rings. The summed E-state index contributed by atoms with van der Waals surface area (Å²) >= 11 is 4.82. The predicted octanol–water partition coefficient (Wildman–Crippen LogP) is 3.84. The molecule has 1 amide bonds. The molecule has 0 radical (unpaired) electrons. The van der Waals surface area contributed by atoms with E-state index in [0.717, 1.165) is 20.6 Å². The largest absolute Gasteiger partial charge is 0.493 e. The molecule has 0 atom stereocenters. The average Bonchev–Trinajstić information content (AvgIpc) is 2.97. The third-order valence-corrected chi connectivity index (χ3v) is 4.93. The molecule has 6 heteroatoms. The molecule has 1 aromatic carbocycles. The fourth-order valence-electron chi connectivity index (χ4n) is 2.05. The van der Waals surface area contributed by atoms with Crippen LogP contribution in [-0.2, 0) is 6.42 Å². The first-order chi connectivity index (χ1) is 10.5. The first-order valence-corrected chi connectivity index (χ1v) is 8.37. The van der Waals surface area contributed by atoms with Gasteiger partial charge in [-0.3, -0.25) is 4.79 Å².